The Balaban J connectivity index is 1.57. The first-order chi connectivity index (χ1) is 18.2. The SMILES string of the molecule is COc1cc2c(Oc3ccc(NS(=O)(=O)c4cc(F)ccc4F)cc3F)ccnc2cc1OCCCCO. The molecular formula is C26H23F3N2O6S. The van der Waals surface area contributed by atoms with Gasteiger partial charge in [0.25, 0.3) is 10.0 Å². The highest BCUT2D eigenvalue weighted by Crippen LogP contribution is 2.38. The van der Waals surface area contributed by atoms with Gasteiger partial charge >= 0.3 is 0 Å². The molecule has 200 valence electrons. The number of anilines is 1. The molecule has 4 aromatic rings. The number of aliphatic hydroxyl groups excluding tert-OH is 1. The van der Waals surface area contributed by atoms with Gasteiger partial charge < -0.3 is 19.3 Å². The predicted molar refractivity (Wildman–Crippen MR) is 134 cm³/mol. The molecule has 2 N–H and O–H groups in total. The Kier molecular flexibility index (Phi) is 8.23. The molecule has 0 radical (unpaired) electrons. The van der Waals surface area contributed by atoms with E-state index in [0.29, 0.717) is 54.0 Å². The summed E-state index contributed by atoms with van der Waals surface area (Å²) in [7, 11) is -3.06. The second-order valence-corrected chi connectivity index (χ2v) is 9.69. The Morgan fingerprint density at radius 1 is 0.895 bits per heavy atom. The number of aromatic nitrogens is 1. The molecule has 4 rings (SSSR count). The zero-order valence-electron chi connectivity index (χ0n) is 20.1. The molecule has 0 unspecified atom stereocenters. The van der Waals surface area contributed by atoms with Gasteiger partial charge in [-0.15, -0.1) is 0 Å². The number of ether oxygens (including phenoxy) is 3. The van der Waals surface area contributed by atoms with Gasteiger partial charge in [0.15, 0.2) is 23.1 Å². The van der Waals surface area contributed by atoms with Crippen molar-refractivity contribution in [2.75, 3.05) is 25.0 Å². The van der Waals surface area contributed by atoms with E-state index >= 15 is 0 Å². The molecule has 0 aliphatic rings. The van der Waals surface area contributed by atoms with Crippen molar-refractivity contribution in [1.29, 1.82) is 0 Å². The zero-order chi connectivity index (χ0) is 27.3. The van der Waals surface area contributed by atoms with E-state index in [1.54, 1.807) is 12.1 Å². The first kappa shape index (κ1) is 27.0. The maximum absolute atomic E-state index is 14.9. The Hall–Kier alpha value is -4.03. The molecule has 38 heavy (non-hydrogen) atoms. The van der Waals surface area contributed by atoms with Crippen molar-refractivity contribution in [1.82, 2.24) is 4.98 Å². The molecule has 0 aliphatic heterocycles. The number of aliphatic hydroxyl groups is 1. The third-order valence-corrected chi connectivity index (χ3v) is 6.78. The molecule has 0 spiro atoms. The topological polar surface area (TPSA) is 107 Å². The summed E-state index contributed by atoms with van der Waals surface area (Å²) < 4.78 is 86.2. The van der Waals surface area contributed by atoms with E-state index < -0.39 is 32.4 Å². The first-order valence-corrected chi connectivity index (χ1v) is 12.9. The van der Waals surface area contributed by atoms with Gasteiger partial charge in [-0.1, -0.05) is 0 Å². The third-order valence-electron chi connectivity index (χ3n) is 5.38. The lowest BCUT2D eigenvalue weighted by Gasteiger charge is -2.14. The van der Waals surface area contributed by atoms with Crippen LogP contribution < -0.4 is 18.9 Å². The molecule has 8 nitrogen and oxygen atoms in total. The Labute approximate surface area is 216 Å². The molecule has 1 heterocycles. The first-order valence-electron chi connectivity index (χ1n) is 11.4. The fraction of sp³-hybridized carbons (Fsp3) is 0.192. The number of methoxy groups -OCH3 is 1. The molecule has 0 fully saturated rings. The maximum atomic E-state index is 14.9. The van der Waals surface area contributed by atoms with Crippen LogP contribution in [0.5, 0.6) is 23.0 Å². The van der Waals surface area contributed by atoms with Crippen molar-refractivity contribution >= 4 is 26.6 Å². The van der Waals surface area contributed by atoms with Crippen LogP contribution in [-0.4, -0.2) is 38.8 Å². The van der Waals surface area contributed by atoms with Gasteiger partial charge in [0.05, 0.1) is 24.9 Å². The van der Waals surface area contributed by atoms with Gasteiger partial charge in [0, 0.05) is 30.3 Å². The van der Waals surface area contributed by atoms with Gasteiger partial charge in [-0.05, 0) is 55.3 Å². The van der Waals surface area contributed by atoms with Crippen LogP contribution in [0.25, 0.3) is 10.9 Å². The Bertz CT molecular complexity index is 1570. The van der Waals surface area contributed by atoms with Crippen molar-refractivity contribution in [3.8, 4) is 23.0 Å². The molecule has 0 bridgehead atoms. The van der Waals surface area contributed by atoms with Crippen LogP contribution in [0, 0.1) is 17.5 Å². The van der Waals surface area contributed by atoms with Crippen LogP contribution in [-0.2, 0) is 10.0 Å². The minimum absolute atomic E-state index is 0.0649. The molecule has 1 aromatic heterocycles. The zero-order valence-corrected chi connectivity index (χ0v) is 20.9. The van der Waals surface area contributed by atoms with Crippen molar-refractivity contribution in [2.45, 2.75) is 17.7 Å². The number of sulfonamides is 1. The fourth-order valence-electron chi connectivity index (χ4n) is 3.54. The van der Waals surface area contributed by atoms with E-state index in [4.69, 9.17) is 19.3 Å². The van der Waals surface area contributed by atoms with Crippen molar-refractivity contribution < 1.29 is 40.9 Å². The molecule has 0 atom stereocenters. The summed E-state index contributed by atoms with van der Waals surface area (Å²) in [6.07, 6.45) is 2.71. The summed E-state index contributed by atoms with van der Waals surface area (Å²) in [6, 6.07) is 10.1. The summed E-state index contributed by atoms with van der Waals surface area (Å²) in [5, 5.41) is 9.42. The summed E-state index contributed by atoms with van der Waals surface area (Å²) in [4.78, 5) is 3.39. The lowest BCUT2D eigenvalue weighted by atomic mass is 10.1. The highest BCUT2D eigenvalue weighted by Gasteiger charge is 2.21. The van der Waals surface area contributed by atoms with E-state index in [1.165, 1.54) is 31.5 Å². The number of benzene rings is 3. The van der Waals surface area contributed by atoms with Crippen molar-refractivity contribution in [3.05, 3.63) is 78.2 Å². The summed E-state index contributed by atoms with van der Waals surface area (Å²) in [5.74, 6) is -2.14. The van der Waals surface area contributed by atoms with E-state index in [-0.39, 0.29) is 23.8 Å². The molecule has 0 saturated carbocycles. The smallest absolute Gasteiger partial charge is 0.264 e. The largest absolute Gasteiger partial charge is 0.493 e. The van der Waals surface area contributed by atoms with Crippen LogP contribution >= 0.6 is 0 Å². The summed E-state index contributed by atoms with van der Waals surface area (Å²) >= 11 is 0. The highest BCUT2D eigenvalue weighted by molar-refractivity contribution is 7.92. The number of unbranched alkanes of at least 4 members (excludes halogenated alkanes) is 1. The molecule has 0 amide bonds. The number of nitrogens with one attached hydrogen (secondary N) is 1. The van der Waals surface area contributed by atoms with Crippen LogP contribution in [0.3, 0.4) is 0 Å². The third kappa shape index (κ3) is 6.09. The summed E-state index contributed by atoms with van der Waals surface area (Å²) in [6.45, 7) is 0.432. The number of rotatable bonds is 11. The Morgan fingerprint density at radius 3 is 2.45 bits per heavy atom. The molecule has 0 aliphatic carbocycles. The average Bonchev–Trinajstić information content (AvgIpc) is 2.89. The van der Waals surface area contributed by atoms with Gasteiger partial charge in [-0.25, -0.2) is 21.6 Å². The van der Waals surface area contributed by atoms with E-state index in [0.717, 1.165) is 12.1 Å². The van der Waals surface area contributed by atoms with Crippen LogP contribution in [0.15, 0.2) is 65.7 Å². The average molecular weight is 549 g/mol. The fourth-order valence-corrected chi connectivity index (χ4v) is 4.68. The second kappa shape index (κ2) is 11.6. The second-order valence-electron chi connectivity index (χ2n) is 8.04. The van der Waals surface area contributed by atoms with E-state index in [9.17, 15) is 21.6 Å². The lowest BCUT2D eigenvalue weighted by molar-refractivity contribution is 0.247. The number of hydrogen-bond donors (Lipinski definition) is 2. The number of pyridine rings is 1. The number of fused-ring (bicyclic) bond motifs is 1. The molecular weight excluding hydrogens is 525 g/mol. The van der Waals surface area contributed by atoms with Gasteiger partial charge in [0.2, 0.25) is 0 Å². The number of halogens is 3. The quantitative estimate of drug-likeness (QED) is 0.242. The highest BCUT2D eigenvalue weighted by atomic mass is 32.2. The molecule has 12 heteroatoms. The van der Waals surface area contributed by atoms with Crippen molar-refractivity contribution in [3.63, 3.8) is 0 Å². The monoisotopic (exact) mass is 548 g/mol. The standard InChI is InChI=1S/C26H23F3N2O6S/c1-35-24-14-18-21(15-25(24)36-11-3-2-10-32)30-9-8-22(18)37-23-7-5-17(13-20(23)29)31-38(33,34)26-12-16(27)4-6-19(26)28/h4-9,12-15,31-32H,2-3,10-11H2,1H3. The van der Waals surface area contributed by atoms with Gasteiger partial charge in [0.1, 0.15) is 22.3 Å². The number of nitrogens with zero attached hydrogens (tertiary/aromatic N) is 1. The van der Waals surface area contributed by atoms with E-state index in [2.05, 4.69) is 4.98 Å². The Morgan fingerprint density at radius 2 is 1.71 bits per heavy atom. The lowest BCUT2D eigenvalue weighted by Crippen LogP contribution is -2.15. The van der Waals surface area contributed by atoms with Crippen LogP contribution in [0.2, 0.25) is 0 Å². The number of hydrogen-bond acceptors (Lipinski definition) is 7. The van der Waals surface area contributed by atoms with Crippen LogP contribution in [0.4, 0.5) is 18.9 Å². The van der Waals surface area contributed by atoms with E-state index in [1.807, 2.05) is 4.72 Å². The normalized spacial score (nSPS) is 11.4. The minimum atomic E-state index is -4.52. The van der Waals surface area contributed by atoms with Crippen LogP contribution in [0.1, 0.15) is 12.8 Å². The maximum Gasteiger partial charge on any atom is 0.264 e. The molecule has 3 aromatic carbocycles. The van der Waals surface area contributed by atoms with Crippen molar-refractivity contribution in [2.24, 2.45) is 0 Å². The summed E-state index contributed by atoms with van der Waals surface area (Å²) in [5.41, 5.74) is 0.269. The molecule has 0 saturated heterocycles. The van der Waals surface area contributed by atoms with Gasteiger partial charge in [-0.3, -0.25) is 9.71 Å². The predicted octanol–water partition coefficient (Wildman–Crippen LogP) is 5.41. The minimum Gasteiger partial charge on any atom is -0.493 e. The van der Waals surface area contributed by atoms with Gasteiger partial charge in [-0.2, -0.15) is 0 Å².